The van der Waals surface area contributed by atoms with Crippen molar-refractivity contribution in [3.05, 3.63) is 60.3 Å². The minimum atomic E-state index is -2.22. The van der Waals surface area contributed by atoms with Gasteiger partial charge in [-0.1, -0.05) is 24.3 Å². The molecule has 0 fully saturated rings. The van der Waals surface area contributed by atoms with E-state index in [4.69, 9.17) is 8.53 Å². The Kier molecular flexibility index (Phi) is 2.12. The Labute approximate surface area is 144 Å². The third-order valence-corrected chi connectivity index (χ3v) is 4.61. The molecule has 0 amide bonds. The lowest BCUT2D eigenvalue weighted by atomic mass is 10.1. The van der Waals surface area contributed by atoms with Crippen LogP contribution < -0.4 is 9.80 Å². The number of aryl methyl sites for hydroxylation is 1. The molecule has 0 spiro atoms. The van der Waals surface area contributed by atoms with E-state index in [1.165, 1.54) is 4.90 Å². The van der Waals surface area contributed by atoms with Crippen molar-refractivity contribution in [3.63, 3.8) is 0 Å². The zero-order valence-electron chi connectivity index (χ0n) is 16.2. The fourth-order valence-corrected chi connectivity index (χ4v) is 3.50. The van der Waals surface area contributed by atoms with Gasteiger partial charge in [-0.25, -0.2) is 4.98 Å². The van der Waals surface area contributed by atoms with Crippen LogP contribution in [0.25, 0.3) is 22.1 Å². The maximum Gasteiger partial charge on any atom is 0.227 e. The zero-order valence-corrected chi connectivity index (χ0v) is 13.2. The van der Waals surface area contributed by atoms with E-state index in [0.717, 1.165) is 33.3 Å². The average molecular weight is 318 g/mol. The third kappa shape index (κ3) is 1.71. The van der Waals surface area contributed by atoms with Crippen molar-refractivity contribution >= 4 is 39.1 Å². The smallest absolute Gasteiger partial charge is 0.227 e. The molecule has 24 heavy (non-hydrogen) atoms. The van der Waals surface area contributed by atoms with Crippen LogP contribution in [0, 0.1) is 6.92 Å². The first kappa shape index (κ1) is 10.7. The van der Waals surface area contributed by atoms with Crippen LogP contribution in [0.2, 0.25) is 0 Å². The summed E-state index contributed by atoms with van der Waals surface area (Å²) in [6, 6.07) is 15.5. The van der Waals surface area contributed by atoms with Gasteiger partial charge < -0.3 is 14.2 Å². The quantitative estimate of drug-likeness (QED) is 0.503. The van der Waals surface area contributed by atoms with Crippen molar-refractivity contribution in [1.29, 1.82) is 0 Å². The second-order valence-electron chi connectivity index (χ2n) is 6.05. The highest BCUT2D eigenvalue weighted by Crippen LogP contribution is 2.45. The van der Waals surface area contributed by atoms with Crippen LogP contribution in [-0.2, 0) is 0 Å². The van der Waals surface area contributed by atoms with Crippen molar-refractivity contribution in [2.24, 2.45) is 0 Å². The van der Waals surface area contributed by atoms with E-state index in [0.29, 0.717) is 11.4 Å². The molecule has 0 unspecified atom stereocenters. The Morgan fingerprint density at radius 1 is 1.04 bits per heavy atom. The van der Waals surface area contributed by atoms with E-state index in [1.54, 1.807) is 6.20 Å². The second-order valence-corrected chi connectivity index (χ2v) is 6.05. The number of aromatic nitrogens is 1. The Morgan fingerprint density at radius 2 is 1.92 bits per heavy atom. The van der Waals surface area contributed by atoms with Gasteiger partial charge in [0.2, 0.25) is 5.71 Å². The minimum absolute atomic E-state index is 0.236. The molecule has 5 rings (SSSR count). The van der Waals surface area contributed by atoms with E-state index < -0.39 is 6.98 Å². The number of fused-ring (bicyclic) bond motifs is 4. The number of nitrogens with zero attached hydrogens (tertiary/aromatic N) is 3. The number of anilines is 3. The van der Waals surface area contributed by atoms with Crippen LogP contribution in [0.15, 0.2) is 59.1 Å². The Hall–Kier alpha value is -3.01. The standard InChI is InChI=1S/C20H17N3O/c1-13-9-10-14-15-6-5-11-21-20(15)24-19(14)18(13)23-12-22(2)16-7-3-4-8-17(16)23/h3-11H,12H2,1-2H3/i2D3. The number of hydrogen-bond acceptors (Lipinski definition) is 4. The zero-order chi connectivity index (χ0) is 18.8. The van der Waals surface area contributed by atoms with Crippen molar-refractivity contribution in [2.45, 2.75) is 6.92 Å². The van der Waals surface area contributed by atoms with Gasteiger partial charge in [0, 0.05) is 28.1 Å². The van der Waals surface area contributed by atoms with E-state index in [9.17, 15) is 0 Å². The molecule has 4 heteroatoms. The molecule has 1 aliphatic rings. The Bertz CT molecular complexity index is 1180. The summed E-state index contributed by atoms with van der Waals surface area (Å²) in [6.45, 7) is 0.0262. The lowest BCUT2D eigenvalue weighted by Crippen LogP contribution is -2.24. The van der Waals surface area contributed by atoms with Crippen molar-refractivity contribution in [1.82, 2.24) is 4.98 Å². The highest BCUT2D eigenvalue weighted by atomic mass is 16.3. The van der Waals surface area contributed by atoms with Gasteiger partial charge in [0.05, 0.1) is 23.7 Å². The molecule has 0 saturated heterocycles. The monoisotopic (exact) mass is 318 g/mol. The Morgan fingerprint density at radius 3 is 2.79 bits per heavy atom. The van der Waals surface area contributed by atoms with Gasteiger partial charge in [-0.3, -0.25) is 0 Å². The molecule has 0 bridgehead atoms. The predicted octanol–water partition coefficient (Wildman–Crippen LogP) is 4.83. The minimum Gasteiger partial charge on any atom is -0.435 e. The maximum atomic E-state index is 7.92. The highest BCUT2D eigenvalue weighted by molar-refractivity contribution is 6.09. The first-order valence-corrected chi connectivity index (χ1v) is 7.86. The summed E-state index contributed by atoms with van der Waals surface area (Å²) in [6.07, 6.45) is 1.71. The third-order valence-electron chi connectivity index (χ3n) is 4.61. The summed E-state index contributed by atoms with van der Waals surface area (Å²) in [5.74, 6) is 0. The van der Waals surface area contributed by atoms with Crippen molar-refractivity contribution in [2.75, 3.05) is 23.4 Å². The number of furan rings is 1. The van der Waals surface area contributed by atoms with Crippen molar-refractivity contribution < 1.29 is 8.53 Å². The summed E-state index contributed by atoms with van der Waals surface area (Å²) in [7, 11) is 0. The molecule has 0 radical (unpaired) electrons. The summed E-state index contributed by atoms with van der Waals surface area (Å²) < 4.78 is 29.8. The molecule has 118 valence electrons. The van der Waals surface area contributed by atoms with E-state index in [2.05, 4.69) is 4.98 Å². The first-order chi connectivity index (χ1) is 12.9. The molecular formula is C20H17N3O. The normalized spacial score (nSPS) is 16.3. The maximum absolute atomic E-state index is 7.92. The van der Waals surface area contributed by atoms with Gasteiger partial charge in [-0.05, 0) is 36.8 Å². The molecule has 0 atom stereocenters. The molecular weight excluding hydrogens is 298 g/mol. The van der Waals surface area contributed by atoms with Gasteiger partial charge in [0.15, 0.2) is 5.58 Å². The lowest BCUT2D eigenvalue weighted by Gasteiger charge is -2.21. The molecule has 4 nitrogen and oxygen atoms in total. The van der Waals surface area contributed by atoms with Crippen LogP contribution in [0.1, 0.15) is 9.68 Å². The summed E-state index contributed by atoms with van der Waals surface area (Å²) >= 11 is 0. The van der Waals surface area contributed by atoms with E-state index >= 15 is 0 Å². The number of pyridine rings is 1. The highest BCUT2D eigenvalue weighted by Gasteiger charge is 2.28. The number of rotatable bonds is 1. The fraction of sp³-hybridized carbons (Fsp3) is 0.150. The fourth-order valence-electron chi connectivity index (χ4n) is 3.50. The van der Waals surface area contributed by atoms with Crippen LogP contribution in [-0.4, -0.2) is 18.6 Å². The molecule has 3 heterocycles. The molecule has 1 aliphatic heterocycles. The summed E-state index contributed by atoms with van der Waals surface area (Å²) in [4.78, 5) is 7.79. The molecule has 0 saturated carbocycles. The average Bonchev–Trinajstić information content (AvgIpc) is 3.20. The summed E-state index contributed by atoms with van der Waals surface area (Å²) in [5.41, 5.74) is 4.76. The van der Waals surface area contributed by atoms with Gasteiger partial charge in [-0.15, -0.1) is 0 Å². The largest absolute Gasteiger partial charge is 0.435 e. The molecule has 0 N–H and O–H groups in total. The summed E-state index contributed by atoms with van der Waals surface area (Å²) in [5, 5.41) is 1.93. The van der Waals surface area contributed by atoms with Crippen LogP contribution in [0.4, 0.5) is 17.1 Å². The van der Waals surface area contributed by atoms with E-state index in [-0.39, 0.29) is 6.67 Å². The van der Waals surface area contributed by atoms with Gasteiger partial charge >= 0.3 is 0 Å². The molecule has 2 aromatic carbocycles. The molecule has 2 aromatic heterocycles. The topological polar surface area (TPSA) is 32.5 Å². The Balaban J connectivity index is 1.78. The lowest BCUT2D eigenvalue weighted by molar-refractivity contribution is 0.653. The van der Waals surface area contributed by atoms with Crippen molar-refractivity contribution in [3.8, 4) is 0 Å². The predicted molar refractivity (Wildman–Crippen MR) is 98.1 cm³/mol. The SMILES string of the molecule is [2H]C([2H])([2H])N1CN(c2c(C)ccc3c2oc2ncccc23)c2ccccc21. The second kappa shape index (κ2) is 4.74. The molecule has 0 aliphatic carbocycles. The van der Waals surface area contributed by atoms with Crippen LogP contribution in [0.5, 0.6) is 0 Å². The number of benzene rings is 2. The number of para-hydroxylation sites is 2. The molecule has 4 aromatic rings. The number of hydrogen-bond donors (Lipinski definition) is 0. The van der Waals surface area contributed by atoms with Gasteiger partial charge in [-0.2, -0.15) is 0 Å². The van der Waals surface area contributed by atoms with E-state index in [1.807, 2.05) is 60.4 Å². The first-order valence-electron chi connectivity index (χ1n) is 9.36. The van der Waals surface area contributed by atoms with Crippen LogP contribution in [0.3, 0.4) is 0 Å². The van der Waals surface area contributed by atoms with Gasteiger partial charge in [0.25, 0.3) is 0 Å². The van der Waals surface area contributed by atoms with Crippen LogP contribution >= 0.6 is 0 Å². The van der Waals surface area contributed by atoms with Gasteiger partial charge in [0.1, 0.15) is 0 Å².